The Hall–Kier alpha value is -2.75. The minimum Gasteiger partial charge on any atom is -0.368 e. The third kappa shape index (κ3) is 3.54. The number of amides is 4. The summed E-state index contributed by atoms with van der Waals surface area (Å²) < 4.78 is 0. The van der Waals surface area contributed by atoms with Gasteiger partial charge in [-0.05, 0) is 11.4 Å². The average molecular weight is 334 g/mol. The van der Waals surface area contributed by atoms with E-state index in [0.29, 0.717) is 18.9 Å². The Bertz CT molecular complexity index is 761. The molecule has 0 saturated carbocycles. The van der Waals surface area contributed by atoms with Crippen LogP contribution in [-0.4, -0.2) is 46.9 Å². The van der Waals surface area contributed by atoms with Crippen molar-refractivity contribution in [2.24, 2.45) is 0 Å². The van der Waals surface area contributed by atoms with E-state index in [-0.39, 0.29) is 12.3 Å². The monoisotopic (exact) mass is 334 g/mol. The Labute approximate surface area is 134 Å². The van der Waals surface area contributed by atoms with Gasteiger partial charge in [-0.15, -0.1) is 11.3 Å². The molecule has 1 aliphatic heterocycles. The first-order chi connectivity index (χ1) is 11.1. The first-order valence-electron chi connectivity index (χ1n) is 6.93. The number of imide groups is 1. The number of carbonyl (C=O) groups excluding carboxylic acids is 3. The molecular weight excluding hydrogens is 320 g/mol. The largest absolute Gasteiger partial charge is 0.368 e. The number of aromatic nitrogens is 2. The molecule has 4 amide bonds. The molecule has 0 radical (unpaired) electrons. The summed E-state index contributed by atoms with van der Waals surface area (Å²) in [5, 5.41) is 13.1. The third-order valence-corrected chi connectivity index (χ3v) is 4.07. The second kappa shape index (κ2) is 6.57. The first-order valence-corrected chi connectivity index (χ1v) is 7.81. The zero-order chi connectivity index (χ0) is 16.2. The molecule has 2 aromatic heterocycles. The van der Waals surface area contributed by atoms with Crippen LogP contribution in [0.2, 0.25) is 0 Å². The minimum absolute atomic E-state index is 0.0835. The Balaban J connectivity index is 1.43. The van der Waals surface area contributed by atoms with Gasteiger partial charge < -0.3 is 16.0 Å². The van der Waals surface area contributed by atoms with Crippen molar-refractivity contribution in [2.45, 2.75) is 12.5 Å². The molecule has 0 aliphatic carbocycles. The maximum absolute atomic E-state index is 11.7. The molecule has 9 nitrogen and oxygen atoms in total. The summed E-state index contributed by atoms with van der Waals surface area (Å²) in [4.78, 5) is 43.2. The lowest BCUT2D eigenvalue weighted by atomic mass is 10.2. The van der Waals surface area contributed by atoms with Gasteiger partial charge in [0.2, 0.25) is 5.91 Å². The van der Waals surface area contributed by atoms with E-state index in [4.69, 9.17) is 0 Å². The van der Waals surface area contributed by atoms with Gasteiger partial charge in [0.05, 0.1) is 11.8 Å². The highest BCUT2D eigenvalue weighted by atomic mass is 32.1. The summed E-state index contributed by atoms with van der Waals surface area (Å²) in [7, 11) is 0. The Morgan fingerprint density at radius 2 is 2.17 bits per heavy atom. The van der Waals surface area contributed by atoms with Crippen LogP contribution in [0, 0.1) is 0 Å². The maximum atomic E-state index is 11.7. The number of anilines is 1. The molecule has 1 saturated heterocycles. The number of nitrogens with zero attached hydrogens (tertiary/aromatic N) is 2. The van der Waals surface area contributed by atoms with Gasteiger partial charge in [0.1, 0.15) is 23.0 Å². The third-order valence-electron chi connectivity index (χ3n) is 3.25. The van der Waals surface area contributed by atoms with Crippen LogP contribution < -0.4 is 21.3 Å². The topological polar surface area (TPSA) is 125 Å². The van der Waals surface area contributed by atoms with Crippen LogP contribution in [0.1, 0.15) is 6.42 Å². The highest BCUT2D eigenvalue weighted by Crippen LogP contribution is 2.23. The van der Waals surface area contributed by atoms with E-state index in [9.17, 15) is 14.4 Å². The van der Waals surface area contributed by atoms with Crippen LogP contribution in [0.3, 0.4) is 0 Å². The fraction of sp³-hybridized carbons (Fsp3) is 0.308. The minimum atomic E-state index is -0.803. The van der Waals surface area contributed by atoms with E-state index in [2.05, 4.69) is 31.2 Å². The molecule has 2 aromatic rings. The molecule has 10 heteroatoms. The molecule has 3 heterocycles. The van der Waals surface area contributed by atoms with Crippen LogP contribution in [-0.2, 0) is 9.59 Å². The predicted octanol–water partition coefficient (Wildman–Crippen LogP) is -0.183. The summed E-state index contributed by atoms with van der Waals surface area (Å²) in [6.07, 6.45) is 1.40. The van der Waals surface area contributed by atoms with E-state index in [0.717, 1.165) is 10.2 Å². The van der Waals surface area contributed by atoms with Gasteiger partial charge in [-0.3, -0.25) is 14.9 Å². The molecule has 4 N–H and O–H groups in total. The normalized spacial score (nSPS) is 17.0. The highest BCUT2D eigenvalue weighted by Gasteiger charge is 2.30. The molecular formula is C13H14N6O3S. The van der Waals surface area contributed by atoms with Gasteiger partial charge in [-0.2, -0.15) is 0 Å². The molecule has 23 heavy (non-hydrogen) atoms. The molecule has 0 spiro atoms. The lowest BCUT2D eigenvalue weighted by molar-refractivity contribution is -0.126. The number of thiophene rings is 1. The number of hydrogen-bond acceptors (Lipinski definition) is 7. The summed E-state index contributed by atoms with van der Waals surface area (Å²) in [5.74, 6) is -0.0745. The fourth-order valence-corrected chi connectivity index (χ4v) is 2.91. The van der Waals surface area contributed by atoms with E-state index >= 15 is 0 Å². The summed E-state index contributed by atoms with van der Waals surface area (Å²) in [6.45, 7) is 0.855. The number of hydrogen-bond donors (Lipinski definition) is 4. The zero-order valence-corrected chi connectivity index (χ0v) is 12.8. The molecule has 1 atom stereocenters. The Morgan fingerprint density at radius 3 is 2.96 bits per heavy atom. The van der Waals surface area contributed by atoms with Gasteiger partial charge in [0.25, 0.3) is 5.91 Å². The number of rotatable bonds is 6. The zero-order valence-electron chi connectivity index (χ0n) is 12.0. The maximum Gasteiger partial charge on any atom is 0.322 e. The quantitative estimate of drug-likeness (QED) is 0.429. The Morgan fingerprint density at radius 1 is 1.30 bits per heavy atom. The number of carbonyl (C=O) groups is 3. The van der Waals surface area contributed by atoms with Crippen molar-refractivity contribution in [3.63, 3.8) is 0 Å². The molecule has 120 valence electrons. The van der Waals surface area contributed by atoms with Crippen molar-refractivity contribution >= 4 is 45.2 Å². The lowest BCUT2D eigenvalue weighted by Crippen LogP contribution is -2.37. The van der Waals surface area contributed by atoms with E-state index < -0.39 is 18.0 Å². The average Bonchev–Trinajstić information content (AvgIpc) is 3.11. The molecule has 1 fully saturated rings. The van der Waals surface area contributed by atoms with Gasteiger partial charge in [-0.1, -0.05) is 0 Å². The molecule has 3 rings (SSSR count). The van der Waals surface area contributed by atoms with Crippen molar-refractivity contribution < 1.29 is 14.4 Å². The second-order valence-corrected chi connectivity index (χ2v) is 5.75. The molecule has 1 unspecified atom stereocenters. The first kappa shape index (κ1) is 15.2. The van der Waals surface area contributed by atoms with Crippen LogP contribution >= 0.6 is 11.3 Å². The van der Waals surface area contributed by atoms with Crippen molar-refractivity contribution in [1.82, 2.24) is 25.9 Å². The smallest absolute Gasteiger partial charge is 0.322 e. The van der Waals surface area contributed by atoms with E-state index in [1.807, 2.05) is 11.4 Å². The van der Waals surface area contributed by atoms with Crippen LogP contribution in [0.5, 0.6) is 0 Å². The number of urea groups is 1. The Kier molecular flexibility index (Phi) is 4.33. The standard InChI is InChI=1S/C13H14N6O3S/c20-9(5-8-11(21)19-13(22)18-8)14-2-3-15-10-7-1-4-23-12(7)17-6-16-10/h1,4,6,8H,2-3,5H2,(H,14,20)(H,15,16,17)(H2,18,19,21,22). The van der Waals surface area contributed by atoms with Crippen LogP contribution in [0.4, 0.5) is 10.6 Å². The van der Waals surface area contributed by atoms with Gasteiger partial charge >= 0.3 is 6.03 Å². The highest BCUT2D eigenvalue weighted by molar-refractivity contribution is 7.16. The van der Waals surface area contributed by atoms with Gasteiger partial charge in [0, 0.05) is 13.1 Å². The number of nitrogens with one attached hydrogen (secondary N) is 4. The summed E-state index contributed by atoms with van der Waals surface area (Å²) in [5.41, 5.74) is 0. The predicted molar refractivity (Wildman–Crippen MR) is 84.0 cm³/mol. The van der Waals surface area contributed by atoms with Crippen molar-refractivity contribution in [3.8, 4) is 0 Å². The van der Waals surface area contributed by atoms with Gasteiger partial charge in [-0.25, -0.2) is 14.8 Å². The molecule has 0 aromatic carbocycles. The summed E-state index contributed by atoms with van der Waals surface area (Å²) >= 11 is 1.53. The second-order valence-electron chi connectivity index (χ2n) is 4.86. The van der Waals surface area contributed by atoms with Gasteiger partial charge in [0.15, 0.2) is 0 Å². The summed E-state index contributed by atoms with van der Waals surface area (Å²) in [6, 6.07) is 0.559. The van der Waals surface area contributed by atoms with E-state index in [1.54, 1.807) is 0 Å². The lowest BCUT2D eigenvalue weighted by Gasteiger charge is -2.09. The van der Waals surface area contributed by atoms with Crippen molar-refractivity contribution in [2.75, 3.05) is 18.4 Å². The molecule has 1 aliphatic rings. The van der Waals surface area contributed by atoms with Crippen LogP contribution in [0.25, 0.3) is 10.2 Å². The molecule has 0 bridgehead atoms. The van der Waals surface area contributed by atoms with Crippen LogP contribution in [0.15, 0.2) is 17.8 Å². The van der Waals surface area contributed by atoms with Crippen molar-refractivity contribution in [1.29, 1.82) is 0 Å². The van der Waals surface area contributed by atoms with E-state index in [1.165, 1.54) is 17.7 Å². The SMILES string of the molecule is O=C(CC1NC(=O)NC1=O)NCCNc1ncnc2sccc12. The fourth-order valence-electron chi connectivity index (χ4n) is 2.17. The number of fused-ring (bicyclic) bond motifs is 1. The van der Waals surface area contributed by atoms with Crippen molar-refractivity contribution in [3.05, 3.63) is 17.8 Å².